The summed E-state index contributed by atoms with van der Waals surface area (Å²) in [5, 5.41) is 0. The normalized spacial score (nSPS) is 11.1. The molecule has 0 aliphatic heterocycles. The Bertz CT molecular complexity index is 1090. The second-order valence-electron chi connectivity index (χ2n) is 6.10. The van der Waals surface area contributed by atoms with Gasteiger partial charge in [0.1, 0.15) is 11.6 Å². The number of methoxy groups -OCH3 is 1. The van der Waals surface area contributed by atoms with Gasteiger partial charge in [0.05, 0.1) is 17.7 Å². The summed E-state index contributed by atoms with van der Waals surface area (Å²) in [6.07, 6.45) is 0. The Morgan fingerprint density at radius 2 is 1.61 bits per heavy atom. The summed E-state index contributed by atoms with van der Waals surface area (Å²) >= 11 is 0. The minimum Gasteiger partial charge on any atom is -0.497 e. The summed E-state index contributed by atoms with van der Waals surface area (Å²) in [4.78, 5) is 13.0. The number of ether oxygens (including phenoxy) is 1. The van der Waals surface area contributed by atoms with Crippen LogP contribution in [0, 0.1) is 12.7 Å². The number of nitrogens with zero attached hydrogens (tertiary/aromatic N) is 1. The average Bonchev–Trinajstić information content (AvgIpc) is 2.69. The van der Waals surface area contributed by atoms with Crippen molar-refractivity contribution in [2.75, 3.05) is 11.4 Å². The molecule has 5 nitrogen and oxygen atoms in total. The van der Waals surface area contributed by atoms with Crippen molar-refractivity contribution in [2.24, 2.45) is 0 Å². The number of hydrogen-bond donors (Lipinski definition) is 0. The van der Waals surface area contributed by atoms with Crippen LogP contribution in [-0.4, -0.2) is 21.4 Å². The first kappa shape index (κ1) is 19.6. The van der Waals surface area contributed by atoms with Gasteiger partial charge in [-0.2, -0.15) is 4.31 Å². The maximum Gasteiger partial charge on any atom is 0.272 e. The van der Waals surface area contributed by atoms with E-state index in [9.17, 15) is 17.6 Å². The molecule has 3 rings (SSSR count). The number of sulfonamides is 1. The molecule has 0 saturated heterocycles. The number of carbonyl (C=O) groups is 1. The van der Waals surface area contributed by atoms with Gasteiger partial charge in [-0.15, -0.1) is 0 Å². The molecule has 7 heteroatoms. The van der Waals surface area contributed by atoms with Crippen molar-refractivity contribution in [1.82, 2.24) is 0 Å². The van der Waals surface area contributed by atoms with E-state index in [0.29, 0.717) is 10.1 Å². The Hall–Kier alpha value is -3.19. The standard InChI is InChI=1S/C21H18FNO4S/c1-15-6-12-20(13-7-15)28(25,26)23(18-8-10-19(27-2)11-9-18)21(24)16-4-3-5-17(22)14-16/h3-14H,1-2H3. The molecule has 0 saturated carbocycles. The van der Waals surface area contributed by atoms with Gasteiger partial charge in [0.25, 0.3) is 15.9 Å². The second-order valence-corrected chi connectivity index (χ2v) is 7.88. The topological polar surface area (TPSA) is 63.7 Å². The zero-order valence-electron chi connectivity index (χ0n) is 15.3. The fraction of sp³-hybridized carbons (Fsp3) is 0.0952. The van der Waals surface area contributed by atoms with E-state index >= 15 is 0 Å². The highest BCUT2D eigenvalue weighted by Crippen LogP contribution is 2.28. The molecule has 0 aliphatic carbocycles. The molecular weight excluding hydrogens is 381 g/mol. The van der Waals surface area contributed by atoms with Crippen molar-refractivity contribution in [3.63, 3.8) is 0 Å². The molecule has 0 radical (unpaired) electrons. The van der Waals surface area contributed by atoms with E-state index in [0.717, 1.165) is 11.6 Å². The monoisotopic (exact) mass is 399 g/mol. The lowest BCUT2D eigenvalue weighted by atomic mass is 10.2. The Morgan fingerprint density at radius 1 is 0.964 bits per heavy atom. The molecule has 0 atom stereocenters. The minimum atomic E-state index is -4.23. The fourth-order valence-electron chi connectivity index (χ4n) is 2.64. The summed E-state index contributed by atoms with van der Waals surface area (Å²) in [5.74, 6) is -0.979. The molecule has 0 heterocycles. The number of anilines is 1. The van der Waals surface area contributed by atoms with Crippen LogP contribution in [0.15, 0.2) is 77.7 Å². The van der Waals surface area contributed by atoms with Gasteiger partial charge in [0.15, 0.2) is 0 Å². The van der Waals surface area contributed by atoms with Crippen LogP contribution < -0.4 is 9.04 Å². The Labute approximate surface area is 163 Å². The molecule has 28 heavy (non-hydrogen) atoms. The Kier molecular flexibility index (Phi) is 5.46. The van der Waals surface area contributed by atoms with Crippen LogP contribution in [0.25, 0.3) is 0 Å². The largest absolute Gasteiger partial charge is 0.497 e. The van der Waals surface area contributed by atoms with Crippen molar-refractivity contribution in [3.05, 3.63) is 89.7 Å². The third-order valence-corrected chi connectivity index (χ3v) is 5.85. The molecule has 0 spiro atoms. The van der Waals surface area contributed by atoms with E-state index in [1.807, 2.05) is 6.92 Å². The van der Waals surface area contributed by atoms with Crippen molar-refractivity contribution >= 4 is 21.6 Å². The van der Waals surface area contributed by atoms with Gasteiger partial charge in [-0.1, -0.05) is 23.8 Å². The highest BCUT2D eigenvalue weighted by molar-refractivity contribution is 7.93. The summed E-state index contributed by atoms with van der Waals surface area (Å²) < 4.78 is 45.9. The molecule has 0 bridgehead atoms. The molecule has 0 aromatic heterocycles. The van der Waals surface area contributed by atoms with E-state index in [2.05, 4.69) is 0 Å². The number of halogens is 1. The van der Waals surface area contributed by atoms with E-state index < -0.39 is 21.7 Å². The fourth-order valence-corrected chi connectivity index (χ4v) is 4.05. The third-order valence-electron chi connectivity index (χ3n) is 4.12. The predicted octanol–water partition coefficient (Wildman–Crippen LogP) is 4.18. The molecule has 3 aromatic rings. The molecule has 1 amide bonds. The summed E-state index contributed by atoms with van der Waals surface area (Å²) in [6, 6.07) is 17.1. The SMILES string of the molecule is COc1ccc(N(C(=O)c2cccc(F)c2)S(=O)(=O)c2ccc(C)cc2)cc1. The van der Waals surface area contributed by atoms with Crippen LogP contribution in [0.5, 0.6) is 5.75 Å². The van der Waals surface area contributed by atoms with Crippen LogP contribution in [0.1, 0.15) is 15.9 Å². The number of hydrogen-bond acceptors (Lipinski definition) is 4. The lowest BCUT2D eigenvalue weighted by molar-refractivity contribution is 0.100. The van der Waals surface area contributed by atoms with Crippen LogP contribution in [-0.2, 0) is 10.0 Å². The highest BCUT2D eigenvalue weighted by atomic mass is 32.2. The van der Waals surface area contributed by atoms with Crippen molar-refractivity contribution in [2.45, 2.75) is 11.8 Å². The summed E-state index contributed by atoms with van der Waals surface area (Å²) in [6.45, 7) is 1.83. The minimum absolute atomic E-state index is 0.0429. The molecule has 0 unspecified atom stereocenters. The van der Waals surface area contributed by atoms with Gasteiger partial charge in [-0.3, -0.25) is 4.79 Å². The lowest BCUT2D eigenvalue weighted by Crippen LogP contribution is -2.37. The predicted molar refractivity (Wildman–Crippen MR) is 105 cm³/mol. The Balaban J connectivity index is 2.15. The second kappa shape index (κ2) is 7.82. The number of amides is 1. The Morgan fingerprint density at radius 3 is 2.18 bits per heavy atom. The van der Waals surface area contributed by atoms with E-state index in [1.165, 1.54) is 49.6 Å². The van der Waals surface area contributed by atoms with Crippen molar-refractivity contribution < 1.29 is 22.3 Å². The first-order chi connectivity index (χ1) is 13.3. The van der Waals surface area contributed by atoms with E-state index in [-0.39, 0.29) is 16.1 Å². The molecule has 0 aliphatic rings. The number of aryl methyl sites for hydroxylation is 1. The molecule has 0 fully saturated rings. The molecule has 144 valence electrons. The van der Waals surface area contributed by atoms with Gasteiger partial charge in [-0.25, -0.2) is 12.8 Å². The first-order valence-corrected chi connectivity index (χ1v) is 9.83. The van der Waals surface area contributed by atoms with Gasteiger partial charge in [0.2, 0.25) is 0 Å². The number of rotatable bonds is 5. The zero-order valence-corrected chi connectivity index (χ0v) is 16.1. The van der Waals surface area contributed by atoms with Crippen LogP contribution in [0.3, 0.4) is 0 Å². The lowest BCUT2D eigenvalue weighted by Gasteiger charge is -2.23. The molecule has 3 aromatic carbocycles. The smallest absolute Gasteiger partial charge is 0.272 e. The quantitative estimate of drug-likeness (QED) is 0.646. The van der Waals surface area contributed by atoms with Crippen LogP contribution >= 0.6 is 0 Å². The van der Waals surface area contributed by atoms with Crippen LogP contribution in [0.4, 0.5) is 10.1 Å². The maximum atomic E-state index is 13.6. The number of carbonyl (C=O) groups excluding carboxylic acids is 1. The third kappa shape index (κ3) is 3.89. The molecule has 0 N–H and O–H groups in total. The van der Waals surface area contributed by atoms with Gasteiger partial charge < -0.3 is 4.74 Å². The van der Waals surface area contributed by atoms with E-state index in [4.69, 9.17) is 4.74 Å². The van der Waals surface area contributed by atoms with Gasteiger partial charge >= 0.3 is 0 Å². The van der Waals surface area contributed by atoms with E-state index in [1.54, 1.807) is 24.3 Å². The highest BCUT2D eigenvalue weighted by Gasteiger charge is 2.32. The summed E-state index contributed by atoms with van der Waals surface area (Å²) in [7, 11) is -2.75. The van der Waals surface area contributed by atoms with Crippen molar-refractivity contribution in [1.29, 1.82) is 0 Å². The summed E-state index contributed by atoms with van der Waals surface area (Å²) in [5.41, 5.74) is 0.925. The van der Waals surface area contributed by atoms with Gasteiger partial charge in [0, 0.05) is 5.56 Å². The molecular formula is C21H18FNO4S. The number of benzene rings is 3. The van der Waals surface area contributed by atoms with Gasteiger partial charge in [-0.05, 0) is 61.5 Å². The van der Waals surface area contributed by atoms with Crippen LogP contribution in [0.2, 0.25) is 0 Å². The van der Waals surface area contributed by atoms with Crippen molar-refractivity contribution in [3.8, 4) is 5.75 Å². The maximum absolute atomic E-state index is 13.6. The first-order valence-electron chi connectivity index (χ1n) is 8.39. The average molecular weight is 399 g/mol. The zero-order chi connectivity index (χ0) is 20.3.